The summed E-state index contributed by atoms with van der Waals surface area (Å²) in [6, 6.07) is 8.42. The Morgan fingerprint density at radius 2 is 1.62 bits per heavy atom. The molecule has 0 spiro atoms. The second-order valence-corrected chi connectivity index (χ2v) is 5.57. The summed E-state index contributed by atoms with van der Waals surface area (Å²) in [5.41, 5.74) is 0.914. The summed E-state index contributed by atoms with van der Waals surface area (Å²) in [4.78, 5) is 12.6. The van der Waals surface area contributed by atoms with Crippen molar-refractivity contribution in [3.63, 3.8) is 0 Å². The highest BCUT2D eigenvalue weighted by Crippen LogP contribution is 2.37. The predicted octanol–water partition coefficient (Wildman–Crippen LogP) is 3.74. The first-order valence-electron chi connectivity index (χ1n) is 6.99. The molecule has 0 fully saturated rings. The van der Waals surface area contributed by atoms with Gasteiger partial charge < -0.3 is 24.3 Å². The Kier molecular flexibility index (Phi) is 5.92. The normalized spacial score (nSPS) is 10.0. The Labute approximate surface area is 148 Å². The zero-order valence-electron chi connectivity index (χ0n) is 13.8. The molecular weight excluding hydrogens is 378 g/mol. The van der Waals surface area contributed by atoms with Gasteiger partial charge in [0.15, 0.2) is 11.5 Å². The van der Waals surface area contributed by atoms with Gasteiger partial charge in [-0.05, 0) is 40.2 Å². The molecule has 0 saturated heterocycles. The number of rotatable bonds is 6. The van der Waals surface area contributed by atoms with E-state index in [-0.39, 0.29) is 5.91 Å². The summed E-state index contributed by atoms with van der Waals surface area (Å²) >= 11 is 3.37. The number of methoxy groups -OCH3 is 4. The number of benzene rings is 2. The van der Waals surface area contributed by atoms with Crippen LogP contribution in [0.1, 0.15) is 10.4 Å². The molecule has 0 unspecified atom stereocenters. The second-order valence-electron chi connectivity index (χ2n) is 4.71. The average molecular weight is 396 g/mol. The number of nitrogens with one attached hydrogen (secondary N) is 1. The van der Waals surface area contributed by atoms with Crippen LogP contribution < -0.4 is 24.3 Å². The maximum absolute atomic E-state index is 12.6. The molecule has 6 nitrogen and oxygen atoms in total. The quantitative estimate of drug-likeness (QED) is 0.806. The van der Waals surface area contributed by atoms with E-state index in [1.807, 2.05) is 0 Å². The Morgan fingerprint density at radius 3 is 2.21 bits per heavy atom. The molecule has 0 atom stereocenters. The van der Waals surface area contributed by atoms with E-state index in [1.165, 1.54) is 21.3 Å². The molecule has 1 N–H and O–H groups in total. The summed E-state index contributed by atoms with van der Waals surface area (Å²) < 4.78 is 21.6. The van der Waals surface area contributed by atoms with Crippen molar-refractivity contribution in [1.29, 1.82) is 0 Å². The Hall–Kier alpha value is -2.41. The van der Waals surface area contributed by atoms with Crippen molar-refractivity contribution in [2.75, 3.05) is 33.8 Å². The van der Waals surface area contributed by atoms with Crippen molar-refractivity contribution in [2.24, 2.45) is 0 Å². The van der Waals surface area contributed by atoms with Crippen molar-refractivity contribution in [3.8, 4) is 23.0 Å². The highest BCUT2D eigenvalue weighted by atomic mass is 79.9. The van der Waals surface area contributed by atoms with E-state index in [2.05, 4.69) is 21.2 Å². The molecule has 128 valence electrons. The van der Waals surface area contributed by atoms with Crippen molar-refractivity contribution < 1.29 is 23.7 Å². The highest BCUT2D eigenvalue weighted by molar-refractivity contribution is 9.10. The average Bonchev–Trinajstić information content (AvgIpc) is 2.60. The Morgan fingerprint density at radius 1 is 0.917 bits per heavy atom. The highest BCUT2D eigenvalue weighted by Gasteiger charge is 2.16. The molecule has 0 radical (unpaired) electrons. The minimum absolute atomic E-state index is 0.316. The minimum Gasteiger partial charge on any atom is -0.497 e. The fraction of sp³-hybridized carbons (Fsp3) is 0.235. The Balaban J connectivity index is 2.35. The number of anilines is 1. The van der Waals surface area contributed by atoms with Crippen LogP contribution in [-0.2, 0) is 0 Å². The minimum atomic E-state index is -0.316. The van der Waals surface area contributed by atoms with E-state index in [4.69, 9.17) is 18.9 Å². The van der Waals surface area contributed by atoms with Gasteiger partial charge >= 0.3 is 0 Å². The summed E-state index contributed by atoms with van der Waals surface area (Å²) in [5, 5.41) is 2.81. The van der Waals surface area contributed by atoms with E-state index < -0.39 is 0 Å². The zero-order chi connectivity index (χ0) is 17.7. The van der Waals surface area contributed by atoms with Gasteiger partial charge in [-0.2, -0.15) is 0 Å². The lowest BCUT2D eigenvalue weighted by Gasteiger charge is -2.14. The third-order valence-electron chi connectivity index (χ3n) is 3.35. The molecule has 0 bridgehead atoms. The van der Waals surface area contributed by atoms with Crippen LogP contribution in [0.5, 0.6) is 23.0 Å². The standard InChI is InChI=1S/C17H18BrNO5/c1-21-11-5-6-14(22-2)13(9-11)19-17(20)10-7-12(18)16(24-4)15(8-10)23-3/h5-9H,1-4H3,(H,19,20). The maximum Gasteiger partial charge on any atom is 0.255 e. The van der Waals surface area contributed by atoms with E-state index in [9.17, 15) is 4.79 Å². The number of carbonyl (C=O) groups is 1. The molecule has 0 heterocycles. The third-order valence-corrected chi connectivity index (χ3v) is 3.94. The first kappa shape index (κ1) is 17.9. The van der Waals surface area contributed by atoms with Crippen LogP contribution in [0, 0.1) is 0 Å². The maximum atomic E-state index is 12.6. The first-order valence-corrected chi connectivity index (χ1v) is 7.78. The molecule has 1 amide bonds. The van der Waals surface area contributed by atoms with E-state index in [0.717, 1.165) is 0 Å². The lowest BCUT2D eigenvalue weighted by molar-refractivity contribution is 0.102. The molecule has 0 aliphatic rings. The number of ether oxygens (including phenoxy) is 4. The molecule has 2 aromatic carbocycles. The fourth-order valence-corrected chi connectivity index (χ4v) is 2.76. The molecule has 24 heavy (non-hydrogen) atoms. The van der Waals surface area contributed by atoms with E-state index in [1.54, 1.807) is 37.4 Å². The van der Waals surface area contributed by atoms with Gasteiger partial charge in [-0.3, -0.25) is 4.79 Å². The van der Waals surface area contributed by atoms with Gasteiger partial charge in [0.2, 0.25) is 0 Å². The molecule has 0 aliphatic carbocycles. The number of carbonyl (C=O) groups excluding carboxylic acids is 1. The van der Waals surface area contributed by atoms with Gasteiger partial charge in [-0.1, -0.05) is 0 Å². The van der Waals surface area contributed by atoms with E-state index in [0.29, 0.717) is 38.7 Å². The number of halogens is 1. The van der Waals surface area contributed by atoms with Gasteiger partial charge in [0.25, 0.3) is 5.91 Å². The molecule has 7 heteroatoms. The topological polar surface area (TPSA) is 66.0 Å². The SMILES string of the molecule is COc1ccc(OC)c(NC(=O)c2cc(Br)c(OC)c(OC)c2)c1. The molecule has 0 aromatic heterocycles. The van der Waals surface area contributed by atoms with Crippen molar-refractivity contribution >= 4 is 27.5 Å². The largest absolute Gasteiger partial charge is 0.497 e. The molecular formula is C17H18BrNO5. The van der Waals surface area contributed by atoms with Crippen LogP contribution in [-0.4, -0.2) is 34.3 Å². The summed E-state index contributed by atoms with van der Waals surface area (Å²) in [6.45, 7) is 0. The zero-order valence-corrected chi connectivity index (χ0v) is 15.4. The van der Waals surface area contributed by atoms with Gasteiger partial charge in [-0.25, -0.2) is 0 Å². The van der Waals surface area contributed by atoms with Gasteiger partial charge in [0, 0.05) is 11.6 Å². The van der Waals surface area contributed by atoms with Crippen molar-refractivity contribution in [2.45, 2.75) is 0 Å². The smallest absolute Gasteiger partial charge is 0.255 e. The number of hydrogen-bond acceptors (Lipinski definition) is 5. The Bertz CT molecular complexity index is 748. The van der Waals surface area contributed by atoms with Crippen LogP contribution in [0.4, 0.5) is 5.69 Å². The van der Waals surface area contributed by atoms with Crippen LogP contribution in [0.3, 0.4) is 0 Å². The lowest BCUT2D eigenvalue weighted by atomic mass is 10.1. The summed E-state index contributed by atoms with van der Waals surface area (Å²) in [7, 11) is 6.13. The van der Waals surface area contributed by atoms with Gasteiger partial charge in [0.05, 0.1) is 38.6 Å². The van der Waals surface area contributed by atoms with E-state index >= 15 is 0 Å². The summed E-state index contributed by atoms with van der Waals surface area (Å²) in [5.74, 6) is 1.80. The van der Waals surface area contributed by atoms with Crippen LogP contribution in [0.25, 0.3) is 0 Å². The predicted molar refractivity (Wildman–Crippen MR) is 94.7 cm³/mol. The van der Waals surface area contributed by atoms with Crippen molar-refractivity contribution in [3.05, 3.63) is 40.4 Å². The van der Waals surface area contributed by atoms with Crippen LogP contribution in [0.15, 0.2) is 34.8 Å². The van der Waals surface area contributed by atoms with Gasteiger partial charge in [0.1, 0.15) is 11.5 Å². The van der Waals surface area contributed by atoms with Crippen LogP contribution in [0.2, 0.25) is 0 Å². The molecule has 2 aromatic rings. The lowest BCUT2D eigenvalue weighted by Crippen LogP contribution is -2.13. The number of hydrogen-bond donors (Lipinski definition) is 1. The van der Waals surface area contributed by atoms with Crippen LogP contribution >= 0.6 is 15.9 Å². The third kappa shape index (κ3) is 3.73. The molecule has 0 aliphatic heterocycles. The molecule has 0 saturated carbocycles. The first-order chi connectivity index (χ1) is 11.5. The fourth-order valence-electron chi connectivity index (χ4n) is 2.16. The monoisotopic (exact) mass is 395 g/mol. The van der Waals surface area contributed by atoms with Crippen molar-refractivity contribution in [1.82, 2.24) is 0 Å². The molecule has 2 rings (SSSR count). The van der Waals surface area contributed by atoms with Gasteiger partial charge in [-0.15, -0.1) is 0 Å². The number of amides is 1. The summed E-state index contributed by atoms with van der Waals surface area (Å²) in [6.07, 6.45) is 0. The second kappa shape index (κ2) is 7.92.